The highest BCUT2D eigenvalue weighted by molar-refractivity contribution is 5.92. The van der Waals surface area contributed by atoms with E-state index in [1.165, 1.54) is 5.69 Å². The molecule has 0 bridgehead atoms. The summed E-state index contributed by atoms with van der Waals surface area (Å²) in [6, 6.07) is 0. The average molecular weight is 332 g/mol. The number of aromatic nitrogens is 4. The van der Waals surface area contributed by atoms with E-state index in [-0.39, 0.29) is 12.5 Å². The molecule has 0 saturated carbocycles. The zero-order valence-corrected chi connectivity index (χ0v) is 14.4. The van der Waals surface area contributed by atoms with Crippen LogP contribution in [0.25, 0.3) is 0 Å². The van der Waals surface area contributed by atoms with E-state index < -0.39 is 0 Å². The smallest absolute Gasteiger partial charge is 0.238 e. The van der Waals surface area contributed by atoms with E-state index >= 15 is 0 Å². The maximum Gasteiger partial charge on any atom is 0.238 e. The lowest BCUT2D eigenvalue weighted by molar-refractivity contribution is -0.117. The van der Waals surface area contributed by atoms with Gasteiger partial charge in [0.15, 0.2) is 0 Å². The number of aliphatic hydroxyl groups excluding tert-OH is 1. The highest BCUT2D eigenvalue weighted by atomic mass is 16.3. The van der Waals surface area contributed by atoms with Crippen molar-refractivity contribution in [3.8, 4) is 0 Å². The van der Waals surface area contributed by atoms with E-state index in [4.69, 9.17) is 0 Å². The molecule has 3 rings (SSSR count). The molecule has 1 amide bonds. The molecule has 1 aliphatic rings. The second-order valence-corrected chi connectivity index (χ2v) is 6.12. The van der Waals surface area contributed by atoms with E-state index in [9.17, 15) is 9.90 Å². The van der Waals surface area contributed by atoms with Crippen LogP contribution < -0.4 is 5.32 Å². The molecular formula is C16H24N6O2. The number of rotatable bonds is 5. The Hall–Kier alpha value is -2.19. The van der Waals surface area contributed by atoms with Gasteiger partial charge in [0.25, 0.3) is 0 Å². The first-order valence-electron chi connectivity index (χ1n) is 8.22. The van der Waals surface area contributed by atoms with E-state index in [0.717, 1.165) is 42.1 Å². The van der Waals surface area contributed by atoms with E-state index in [0.29, 0.717) is 13.1 Å². The van der Waals surface area contributed by atoms with Crippen molar-refractivity contribution in [1.82, 2.24) is 24.5 Å². The maximum absolute atomic E-state index is 12.3. The molecule has 0 aliphatic carbocycles. The summed E-state index contributed by atoms with van der Waals surface area (Å²) in [6.45, 7) is 6.46. The second kappa shape index (κ2) is 6.74. The van der Waals surface area contributed by atoms with Crippen molar-refractivity contribution in [2.45, 2.75) is 40.0 Å². The average Bonchev–Trinajstić information content (AvgIpc) is 3.09. The van der Waals surface area contributed by atoms with Crippen LogP contribution in [-0.4, -0.2) is 48.6 Å². The number of anilines is 1. The van der Waals surface area contributed by atoms with E-state index in [1.54, 1.807) is 10.9 Å². The van der Waals surface area contributed by atoms with Crippen molar-refractivity contribution in [1.29, 1.82) is 0 Å². The number of carbonyl (C=O) groups is 1. The fraction of sp³-hybridized carbons (Fsp3) is 0.562. The molecule has 8 nitrogen and oxygen atoms in total. The van der Waals surface area contributed by atoms with Crippen molar-refractivity contribution in [2.24, 2.45) is 7.05 Å². The lowest BCUT2D eigenvalue weighted by atomic mass is 10.1. The lowest BCUT2D eigenvalue weighted by Gasteiger charge is -2.27. The highest BCUT2D eigenvalue weighted by Gasteiger charge is 2.25. The number of aryl methyl sites for hydroxylation is 2. The molecule has 0 radical (unpaired) electrons. The minimum absolute atomic E-state index is 0.0528. The second-order valence-electron chi connectivity index (χ2n) is 6.12. The van der Waals surface area contributed by atoms with Crippen LogP contribution in [0.3, 0.4) is 0 Å². The van der Waals surface area contributed by atoms with Gasteiger partial charge in [0.05, 0.1) is 36.4 Å². The third-order valence-electron chi connectivity index (χ3n) is 4.62. The van der Waals surface area contributed by atoms with E-state index in [2.05, 4.69) is 20.4 Å². The first-order valence-corrected chi connectivity index (χ1v) is 8.22. The van der Waals surface area contributed by atoms with Gasteiger partial charge in [0.1, 0.15) is 0 Å². The Morgan fingerprint density at radius 1 is 1.46 bits per heavy atom. The number of fused-ring (bicyclic) bond motifs is 1. The molecule has 0 aromatic carbocycles. The predicted molar refractivity (Wildman–Crippen MR) is 89.4 cm³/mol. The summed E-state index contributed by atoms with van der Waals surface area (Å²) >= 11 is 0. The minimum Gasteiger partial charge on any atom is -0.390 e. The zero-order valence-electron chi connectivity index (χ0n) is 14.4. The Labute approximate surface area is 141 Å². The van der Waals surface area contributed by atoms with Gasteiger partial charge in [-0.3, -0.25) is 19.1 Å². The first kappa shape index (κ1) is 16.7. The van der Waals surface area contributed by atoms with Crippen molar-refractivity contribution in [3.63, 3.8) is 0 Å². The quantitative estimate of drug-likeness (QED) is 0.829. The van der Waals surface area contributed by atoms with E-state index in [1.807, 2.05) is 25.6 Å². The zero-order chi connectivity index (χ0) is 17.3. The Balaban J connectivity index is 1.66. The normalized spacial score (nSPS) is 14.7. The van der Waals surface area contributed by atoms with Crippen LogP contribution in [0.5, 0.6) is 0 Å². The summed E-state index contributed by atoms with van der Waals surface area (Å²) in [5.74, 6) is -0.0528. The molecule has 0 spiro atoms. The van der Waals surface area contributed by atoms with Crippen LogP contribution in [0.4, 0.5) is 5.69 Å². The highest BCUT2D eigenvalue weighted by Crippen LogP contribution is 2.23. The standard InChI is InChI=1S/C16H24N6O2/c1-4-22-15-5-6-21(8-12(15)14(10-23)19-22)9-16(24)18-13-7-17-20(3)11(13)2/h7,23H,4-6,8-10H2,1-3H3,(H,18,24). The third-order valence-corrected chi connectivity index (χ3v) is 4.62. The number of nitrogens with zero attached hydrogens (tertiary/aromatic N) is 5. The first-order chi connectivity index (χ1) is 11.5. The van der Waals surface area contributed by atoms with Crippen LogP contribution in [0.1, 0.15) is 29.6 Å². The Morgan fingerprint density at radius 3 is 2.88 bits per heavy atom. The van der Waals surface area contributed by atoms with Crippen LogP contribution >= 0.6 is 0 Å². The Morgan fingerprint density at radius 2 is 2.25 bits per heavy atom. The molecule has 0 atom stereocenters. The molecule has 8 heteroatoms. The Bertz CT molecular complexity index is 748. The molecule has 2 aromatic heterocycles. The molecule has 130 valence electrons. The van der Waals surface area contributed by atoms with Crippen molar-refractivity contribution in [2.75, 3.05) is 18.4 Å². The van der Waals surface area contributed by atoms with Gasteiger partial charge in [-0.1, -0.05) is 0 Å². The number of carbonyl (C=O) groups excluding carboxylic acids is 1. The van der Waals surface area contributed by atoms with Crippen LogP contribution in [0, 0.1) is 6.92 Å². The van der Waals surface area contributed by atoms with Gasteiger partial charge in [-0.25, -0.2) is 0 Å². The molecule has 24 heavy (non-hydrogen) atoms. The third kappa shape index (κ3) is 3.07. The summed E-state index contributed by atoms with van der Waals surface area (Å²) in [4.78, 5) is 14.4. The molecule has 0 saturated heterocycles. The molecule has 1 aliphatic heterocycles. The lowest BCUT2D eigenvalue weighted by Crippen LogP contribution is -2.37. The van der Waals surface area contributed by atoms with Crippen molar-refractivity contribution in [3.05, 3.63) is 28.8 Å². The molecule has 3 heterocycles. The number of nitrogens with one attached hydrogen (secondary N) is 1. The fourth-order valence-electron chi connectivity index (χ4n) is 3.16. The van der Waals surface area contributed by atoms with Gasteiger partial charge in [0, 0.05) is 44.4 Å². The van der Waals surface area contributed by atoms with Gasteiger partial charge in [-0.15, -0.1) is 0 Å². The molecular weight excluding hydrogens is 308 g/mol. The number of amides is 1. The van der Waals surface area contributed by atoms with Crippen molar-refractivity contribution < 1.29 is 9.90 Å². The molecule has 2 aromatic rings. The summed E-state index contributed by atoms with van der Waals surface area (Å²) < 4.78 is 3.69. The van der Waals surface area contributed by atoms with Gasteiger partial charge in [-0.05, 0) is 13.8 Å². The molecule has 0 unspecified atom stereocenters. The van der Waals surface area contributed by atoms with Gasteiger partial charge in [-0.2, -0.15) is 10.2 Å². The SMILES string of the molecule is CCn1nc(CO)c2c1CCN(CC(=O)Nc1cnn(C)c1C)C2. The molecule has 0 fully saturated rings. The van der Waals surface area contributed by atoms with Crippen LogP contribution in [-0.2, 0) is 38.0 Å². The number of hydrogen-bond acceptors (Lipinski definition) is 5. The fourth-order valence-corrected chi connectivity index (χ4v) is 3.16. The van der Waals surface area contributed by atoms with Gasteiger partial charge in [0.2, 0.25) is 5.91 Å². The summed E-state index contributed by atoms with van der Waals surface area (Å²) in [6.07, 6.45) is 2.51. The molecule has 2 N–H and O–H groups in total. The van der Waals surface area contributed by atoms with Gasteiger partial charge >= 0.3 is 0 Å². The monoisotopic (exact) mass is 332 g/mol. The Kier molecular flexibility index (Phi) is 4.68. The summed E-state index contributed by atoms with van der Waals surface area (Å²) in [7, 11) is 1.85. The minimum atomic E-state index is -0.0652. The van der Waals surface area contributed by atoms with Crippen LogP contribution in [0.15, 0.2) is 6.20 Å². The maximum atomic E-state index is 12.3. The summed E-state index contributed by atoms with van der Waals surface area (Å²) in [5.41, 5.74) is 4.64. The largest absolute Gasteiger partial charge is 0.390 e. The topological polar surface area (TPSA) is 88.2 Å². The number of aliphatic hydroxyl groups is 1. The predicted octanol–water partition coefficient (Wildman–Crippen LogP) is 0.434. The number of hydrogen-bond donors (Lipinski definition) is 2. The van der Waals surface area contributed by atoms with Gasteiger partial charge < -0.3 is 10.4 Å². The van der Waals surface area contributed by atoms with Crippen molar-refractivity contribution >= 4 is 11.6 Å². The summed E-state index contributed by atoms with van der Waals surface area (Å²) in [5, 5.41) is 21.0. The van der Waals surface area contributed by atoms with Crippen LogP contribution in [0.2, 0.25) is 0 Å².